The lowest BCUT2D eigenvalue weighted by Crippen LogP contribution is -2.32. The van der Waals surface area contributed by atoms with Gasteiger partial charge in [0.15, 0.2) is 0 Å². The zero-order valence-electron chi connectivity index (χ0n) is 13.1. The normalized spacial score (nSPS) is 10.1. The number of hydrogen-bond donors (Lipinski definition) is 2. The van der Waals surface area contributed by atoms with E-state index in [0.717, 1.165) is 23.4 Å². The second-order valence-corrected chi connectivity index (χ2v) is 5.10. The first kappa shape index (κ1) is 15.9. The molecule has 0 atom stereocenters. The van der Waals surface area contributed by atoms with E-state index in [-0.39, 0.29) is 6.03 Å². The summed E-state index contributed by atoms with van der Waals surface area (Å²) in [5.41, 5.74) is 3.17. The van der Waals surface area contributed by atoms with Gasteiger partial charge in [-0.2, -0.15) is 0 Å². The molecule has 0 aliphatic rings. The molecular formula is C18H22N2O2. The highest BCUT2D eigenvalue weighted by atomic mass is 16.5. The predicted molar refractivity (Wildman–Crippen MR) is 89.5 cm³/mol. The number of hydrogen-bond acceptors (Lipinski definition) is 2. The highest BCUT2D eigenvalue weighted by Gasteiger charge is 2.01. The first-order valence-electron chi connectivity index (χ1n) is 7.50. The minimum Gasteiger partial charge on any atom is -0.492 e. The molecule has 0 aliphatic carbocycles. The van der Waals surface area contributed by atoms with E-state index < -0.39 is 0 Å². The molecule has 0 unspecified atom stereocenters. The van der Waals surface area contributed by atoms with Crippen molar-refractivity contribution in [2.45, 2.75) is 20.3 Å². The van der Waals surface area contributed by atoms with Gasteiger partial charge < -0.3 is 15.4 Å². The number of aryl methyl sites for hydroxylation is 2. The van der Waals surface area contributed by atoms with Crippen LogP contribution in [0.15, 0.2) is 48.5 Å². The van der Waals surface area contributed by atoms with Crippen molar-refractivity contribution in [1.29, 1.82) is 0 Å². The monoisotopic (exact) mass is 298 g/mol. The van der Waals surface area contributed by atoms with Crippen LogP contribution in [0.25, 0.3) is 0 Å². The van der Waals surface area contributed by atoms with Crippen molar-refractivity contribution in [3.05, 3.63) is 59.7 Å². The molecule has 2 aromatic rings. The zero-order valence-corrected chi connectivity index (χ0v) is 13.1. The standard InChI is InChI=1S/C18H22N2O2/c1-3-15-7-9-17(10-8-15)22-12-11-19-18(21)20-16-6-4-5-14(2)13-16/h4-10,13H,3,11-12H2,1-2H3,(H2,19,20,21). The van der Waals surface area contributed by atoms with Crippen molar-refractivity contribution < 1.29 is 9.53 Å². The first-order chi connectivity index (χ1) is 10.7. The number of carbonyl (C=O) groups excluding carboxylic acids is 1. The van der Waals surface area contributed by atoms with Crippen LogP contribution >= 0.6 is 0 Å². The second kappa shape index (κ2) is 8.08. The zero-order chi connectivity index (χ0) is 15.8. The Labute approximate surface area is 131 Å². The Morgan fingerprint density at radius 2 is 1.91 bits per heavy atom. The Bertz CT molecular complexity index is 609. The smallest absolute Gasteiger partial charge is 0.319 e. The van der Waals surface area contributed by atoms with Crippen molar-refractivity contribution in [2.24, 2.45) is 0 Å². The summed E-state index contributed by atoms with van der Waals surface area (Å²) in [6.07, 6.45) is 1.01. The summed E-state index contributed by atoms with van der Waals surface area (Å²) in [4.78, 5) is 11.7. The van der Waals surface area contributed by atoms with Crippen molar-refractivity contribution in [3.63, 3.8) is 0 Å². The molecule has 22 heavy (non-hydrogen) atoms. The van der Waals surface area contributed by atoms with Crippen LogP contribution < -0.4 is 15.4 Å². The summed E-state index contributed by atoms with van der Waals surface area (Å²) in [5, 5.41) is 5.56. The molecule has 0 bridgehead atoms. The molecule has 0 aromatic heterocycles. The van der Waals surface area contributed by atoms with Gasteiger partial charge >= 0.3 is 6.03 Å². The fourth-order valence-corrected chi connectivity index (χ4v) is 2.05. The number of anilines is 1. The summed E-state index contributed by atoms with van der Waals surface area (Å²) in [6, 6.07) is 15.5. The van der Waals surface area contributed by atoms with Gasteiger partial charge in [-0.25, -0.2) is 4.79 Å². The summed E-state index contributed by atoms with van der Waals surface area (Å²) >= 11 is 0. The van der Waals surface area contributed by atoms with E-state index >= 15 is 0 Å². The number of carbonyl (C=O) groups is 1. The maximum Gasteiger partial charge on any atom is 0.319 e. The predicted octanol–water partition coefficient (Wildman–Crippen LogP) is 3.76. The van der Waals surface area contributed by atoms with Gasteiger partial charge in [0, 0.05) is 5.69 Å². The molecule has 116 valence electrons. The molecule has 0 fully saturated rings. The fourth-order valence-electron chi connectivity index (χ4n) is 2.05. The summed E-state index contributed by atoms with van der Waals surface area (Å²) in [7, 11) is 0. The van der Waals surface area contributed by atoms with Gasteiger partial charge in [-0.3, -0.25) is 0 Å². The Kier molecular flexibility index (Phi) is 5.83. The van der Waals surface area contributed by atoms with Crippen molar-refractivity contribution in [2.75, 3.05) is 18.5 Å². The van der Waals surface area contributed by atoms with Crippen LogP contribution in [-0.4, -0.2) is 19.2 Å². The van der Waals surface area contributed by atoms with Gasteiger partial charge in [0.05, 0.1) is 6.54 Å². The number of nitrogens with one attached hydrogen (secondary N) is 2. The topological polar surface area (TPSA) is 50.4 Å². The number of amides is 2. The van der Waals surface area contributed by atoms with E-state index in [0.29, 0.717) is 13.2 Å². The Morgan fingerprint density at radius 1 is 1.14 bits per heavy atom. The van der Waals surface area contributed by atoms with E-state index in [1.54, 1.807) is 0 Å². The summed E-state index contributed by atoms with van der Waals surface area (Å²) in [5.74, 6) is 0.818. The number of benzene rings is 2. The Morgan fingerprint density at radius 3 is 2.59 bits per heavy atom. The van der Waals surface area contributed by atoms with Gasteiger partial charge in [0.2, 0.25) is 0 Å². The largest absolute Gasteiger partial charge is 0.492 e. The third-order valence-electron chi connectivity index (χ3n) is 3.26. The molecule has 2 N–H and O–H groups in total. The minimum atomic E-state index is -0.226. The van der Waals surface area contributed by atoms with Gasteiger partial charge in [0.25, 0.3) is 0 Å². The van der Waals surface area contributed by atoms with Gasteiger partial charge in [-0.15, -0.1) is 0 Å². The average Bonchev–Trinajstić information content (AvgIpc) is 2.52. The third-order valence-corrected chi connectivity index (χ3v) is 3.26. The van der Waals surface area contributed by atoms with E-state index in [2.05, 4.69) is 17.6 Å². The van der Waals surface area contributed by atoms with Crippen LogP contribution in [0.2, 0.25) is 0 Å². The van der Waals surface area contributed by atoms with E-state index in [9.17, 15) is 4.79 Å². The first-order valence-corrected chi connectivity index (χ1v) is 7.50. The Balaban J connectivity index is 1.68. The van der Waals surface area contributed by atoms with Gasteiger partial charge in [0.1, 0.15) is 12.4 Å². The average molecular weight is 298 g/mol. The van der Waals surface area contributed by atoms with Crippen molar-refractivity contribution in [1.82, 2.24) is 5.32 Å². The van der Waals surface area contributed by atoms with Crippen molar-refractivity contribution >= 4 is 11.7 Å². The quantitative estimate of drug-likeness (QED) is 0.798. The summed E-state index contributed by atoms with van der Waals surface area (Å²) in [6.45, 7) is 4.99. The highest BCUT2D eigenvalue weighted by molar-refractivity contribution is 5.89. The second-order valence-electron chi connectivity index (χ2n) is 5.10. The van der Waals surface area contributed by atoms with Gasteiger partial charge in [-0.1, -0.05) is 31.2 Å². The van der Waals surface area contributed by atoms with E-state index in [1.165, 1.54) is 5.56 Å². The minimum absolute atomic E-state index is 0.226. The molecule has 0 spiro atoms. The lowest BCUT2D eigenvalue weighted by molar-refractivity contribution is 0.247. The Hall–Kier alpha value is -2.49. The molecule has 4 nitrogen and oxygen atoms in total. The molecule has 2 aromatic carbocycles. The molecule has 0 heterocycles. The maximum atomic E-state index is 11.7. The van der Waals surface area contributed by atoms with E-state index in [4.69, 9.17) is 4.74 Å². The molecule has 2 amide bonds. The van der Waals surface area contributed by atoms with Crippen LogP contribution in [-0.2, 0) is 6.42 Å². The highest BCUT2D eigenvalue weighted by Crippen LogP contribution is 2.12. The van der Waals surface area contributed by atoms with Crippen LogP contribution in [0.1, 0.15) is 18.1 Å². The van der Waals surface area contributed by atoms with Crippen LogP contribution in [0.3, 0.4) is 0 Å². The molecule has 0 saturated heterocycles. The molecular weight excluding hydrogens is 276 g/mol. The molecule has 2 rings (SSSR count). The van der Waals surface area contributed by atoms with Crippen LogP contribution in [0.5, 0.6) is 5.75 Å². The fraction of sp³-hybridized carbons (Fsp3) is 0.278. The van der Waals surface area contributed by atoms with Crippen molar-refractivity contribution in [3.8, 4) is 5.75 Å². The number of rotatable bonds is 6. The van der Waals surface area contributed by atoms with Crippen LogP contribution in [0.4, 0.5) is 10.5 Å². The SMILES string of the molecule is CCc1ccc(OCCNC(=O)Nc2cccc(C)c2)cc1. The lowest BCUT2D eigenvalue weighted by atomic mass is 10.2. The molecule has 4 heteroatoms. The summed E-state index contributed by atoms with van der Waals surface area (Å²) < 4.78 is 5.58. The number of ether oxygens (including phenoxy) is 1. The third kappa shape index (κ3) is 5.13. The van der Waals surface area contributed by atoms with Gasteiger partial charge in [-0.05, 0) is 48.7 Å². The molecule has 0 saturated carbocycles. The molecule has 0 radical (unpaired) electrons. The van der Waals surface area contributed by atoms with E-state index in [1.807, 2.05) is 55.5 Å². The molecule has 0 aliphatic heterocycles. The van der Waals surface area contributed by atoms with Crippen LogP contribution in [0, 0.1) is 6.92 Å². The lowest BCUT2D eigenvalue weighted by Gasteiger charge is -2.09. The number of urea groups is 1. The maximum absolute atomic E-state index is 11.7.